The molecule has 0 fully saturated rings. The molecule has 1 nitrogen and oxygen atoms in total. The maximum atomic E-state index is 8.71. The van der Waals surface area contributed by atoms with Gasteiger partial charge in [0.1, 0.15) is 0 Å². The fraction of sp³-hybridized carbons (Fsp3) is 1.00. The molecule has 1 N–H and O–H groups in total. The maximum Gasteiger partial charge on any atom is 0.0431 e. The van der Waals surface area contributed by atoms with Crippen LogP contribution in [0.5, 0.6) is 0 Å². The van der Waals surface area contributed by atoms with Gasteiger partial charge in [0.25, 0.3) is 0 Å². The minimum Gasteiger partial charge on any atom is -0.396 e. The van der Waals surface area contributed by atoms with Gasteiger partial charge in [-0.3, -0.25) is 0 Å². The van der Waals surface area contributed by atoms with Crippen molar-refractivity contribution in [2.24, 2.45) is 5.92 Å². The van der Waals surface area contributed by atoms with Crippen LogP contribution in [0, 0.1) is 5.92 Å². The van der Waals surface area contributed by atoms with Crippen LogP contribution < -0.4 is 0 Å². The molecule has 0 bridgehead atoms. The summed E-state index contributed by atoms with van der Waals surface area (Å²) in [6.07, 6.45) is 25.2. The van der Waals surface area contributed by atoms with Crippen molar-refractivity contribution < 1.29 is 5.11 Å². The fourth-order valence-electron chi connectivity index (χ4n) is 3.32. The Kier molecular flexibility index (Phi) is 20.0. The van der Waals surface area contributed by atoms with Gasteiger partial charge >= 0.3 is 0 Å². The Bertz CT molecular complexity index is 200. The number of aliphatic hydroxyl groups excluding tert-OH is 1. The number of hydrogen-bond acceptors (Lipinski definition) is 1. The second-order valence-electron chi connectivity index (χ2n) is 7.92. The molecular formula is C22H46O. The van der Waals surface area contributed by atoms with Gasteiger partial charge in [-0.25, -0.2) is 0 Å². The molecule has 0 aromatic carbocycles. The van der Waals surface area contributed by atoms with Gasteiger partial charge in [-0.1, -0.05) is 123 Å². The first kappa shape index (κ1) is 23.0. The summed E-state index contributed by atoms with van der Waals surface area (Å²) in [6.45, 7) is 5.04. The highest BCUT2D eigenvalue weighted by Crippen LogP contribution is 2.15. The van der Waals surface area contributed by atoms with Gasteiger partial charge in [0, 0.05) is 6.61 Å². The highest BCUT2D eigenvalue weighted by Gasteiger charge is 1.96. The monoisotopic (exact) mass is 326 g/mol. The van der Waals surface area contributed by atoms with Crippen molar-refractivity contribution >= 4 is 0 Å². The molecular weight excluding hydrogens is 280 g/mol. The largest absolute Gasteiger partial charge is 0.396 e. The van der Waals surface area contributed by atoms with E-state index in [0.717, 1.165) is 12.3 Å². The average molecular weight is 327 g/mol. The Hall–Kier alpha value is -0.0400. The first-order valence-corrected chi connectivity index (χ1v) is 10.9. The Morgan fingerprint density at radius 2 is 0.696 bits per heavy atom. The zero-order chi connectivity index (χ0) is 17.0. The van der Waals surface area contributed by atoms with E-state index in [4.69, 9.17) is 5.11 Å². The molecule has 140 valence electrons. The first-order chi connectivity index (χ1) is 11.3. The molecule has 0 atom stereocenters. The van der Waals surface area contributed by atoms with Crippen molar-refractivity contribution in [3.8, 4) is 0 Å². The quantitative estimate of drug-likeness (QED) is 0.242. The van der Waals surface area contributed by atoms with E-state index in [1.165, 1.54) is 109 Å². The van der Waals surface area contributed by atoms with Crippen molar-refractivity contribution in [1.82, 2.24) is 0 Å². The summed E-state index contributed by atoms with van der Waals surface area (Å²) in [7, 11) is 0. The predicted molar refractivity (Wildman–Crippen MR) is 105 cm³/mol. The third-order valence-electron chi connectivity index (χ3n) is 4.94. The zero-order valence-corrected chi connectivity index (χ0v) is 16.5. The molecule has 0 radical (unpaired) electrons. The Morgan fingerprint density at radius 1 is 0.435 bits per heavy atom. The van der Waals surface area contributed by atoms with Crippen LogP contribution in [0.1, 0.15) is 129 Å². The van der Waals surface area contributed by atoms with Gasteiger partial charge < -0.3 is 5.11 Å². The molecule has 0 saturated heterocycles. The van der Waals surface area contributed by atoms with Gasteiger partial charge in [-0.2, -0.15) is 0 Å². The fourth-order valence-corrected chi connectivity index (χ4v) is 3.32. The minimum atomic E-state index is 0.373. The van der Waals surface area contributed by atoms with E-state index in [9.17, 15) is 0 Å². The number of hydrogen-bond donors (Lipinski definition) is 1. The summed E-state index contributed by atoms with van der Waals surface area (Å²) in [5.74, 6) is 0.890. The molecule has 0 aliphatic heterocycles. The van der Waals surface area contributed by atoms with Gasteiger partial charge in [-0.15, -0.1) is 0 Å². The van der Waals surface area contributed by atoms with Crippen LogP contribution >= 0.6 is 0 Å². The van der Waals surface area contributed by atoms with Gasteiger partial charge in [-0.05, 0) is 12.3 Å². The van der Waals surface area contributed by atoms with Crippen LogP contribution in [0.25, 0.3) is 0 Å². The molecule has 0 spiro atoms. The molecule has 0 aromatic heterocycles. The molecule has 0 rings (SSSR count). The molecule has 0 amide bonds. The summed E-state index contributed by atoms with van der Waals surface area (Å²) in [5.41, 5.74) is 0. The second-order valence-corrected chi connectivity index (χ2v) is 7.92. The summed E-state index contributed by atoms with van der Waals surface area (Å²) >= 11 is 0. The van der Waals surface area contributed by atoms with E-state index < -0.39 is 0 Å². The van der Waals surface area contributed by atoms with Crippen molar-refractivity contribution in [3.63, 3.8) is 0 Å². The van der Waals surface area contributed by atoms with Crippen molar-refractivity contribution in [2.75, 3.05) is 6.61 Å². The number of aliphatic hydroxyl groups is 1. The smallest absolute Gasteiger partial charge is 0.0431 e. The van der Waals surface area contributed by atoms with Crippen LogP contribution in [-0.2, 0) is 0 Å². The molecule has 0 saturated carbocycles. The summed E-state index contributed by atoms with van der Waals surface area (Å²) in [6, 6.07) is 0. The molecule has 23 heavy (non-hydrogen) atoms. The molecule has 0 aliphatic rings. The average Bonchev–Trinajstić information content (AvgIpc) is 2.53. The molecule has 0 unspecified atom stereocenters. The van der Waals surface area contributed by atoms with Crippen LogP contribution in [0.2, 0.25) is 0 Å². The van der Waals surface area contributed by atoms with Crippen LogP contribution in [-0.4, -0.2) is 11.7 Å². The van der Waals surface area contributed by atoms with Gasteiger partial charge in [0.15, 0.2) is 0 Å². The molecule has 0 aromatic rings. The van der Waals surface area contributed by atoms with E-state index in [-0.39, 0.29) is 0 Å². The van der Waals surface area contributed by atoms with Crippen LogP contribution in [0.3, 0.4) is 0 Å². The standard InChI is InChI=1S/C22H46O/c1-22(2)20-18-16-14-12-10-8-6-4-3-5-7-9-11-13-15-17-19-21-23/h22-23H,3-21H2,1-2H3. The van der Waals surface area contributed by atoms with Crippen LogP contribution in [0.15, 0.2) is 0 Å². The van der Waals surface area contributed by atoms with Crippen molar-refractivity contribution in [1.29, 1.82) is 0 Å². The van der Waals surface area contributed by atoms with Crippen LogP contribution in [0.4, 0.5) is 0 Å². The van der Waals surface area contributed by atoms with Crippen molar-refractivity contribution in [2.45, 2.75) is 129 Å². The highest BCUT2D eigenvalue weighted by molar-refractivity contribution is 4.51. The van der Waals surface area contributed by atoms with E-state index in [1.54, 1.807) is 0 Å². The highest BCUT2D eigenvalue weighted by atomic mass is 16.2. The topological polar surface area (TPSA) is 20.2 Å². The molecule has 0 aliphatic carbocycles. The SMILES string of the molecule is CC(C)CCCCCCCCCCCCCCCCCCCO. The lowest BCUT2D eigenvalue weighted by atomic mass is 10.0. The normalized spacial score (nSPS) is 11.5. The molecule has 1 heteroatoms. The number of rotatable bonds is 19. The second kappa shape index (κ2) is 20.0. The van der Waals surface area contributed by atoms with Crippen molar-refractivity contribution in [3.05, 3.63) is 0 Å². The van der Waals surface area contributed by atoms with Gasteiger partial charge in [0.2, 0.25) is 0 Å². The third-order valence-corrected chi connectivity index (χ3v) is 4.94. The van der Waals surface area contributed by atoms with E-state index in [2.05, 4.69) is 13.8 Å². The minimum absolute atomic E-state index is 0.373. The lowest BCUT2D eigenvalue weighted by molar-refractivity contribution is 0.282. The number of unbranched alkanes of at least 4 members (excludes halogenated alkanes) is 16. The third kappa shape index (κ3) is 22.0. The predicted octanol–water partition coefficient (Wildman–Crippen LogP) is 7.66. The lowest BCUT2D eigenvalue weighted by Gasteiger charge is -2.05. The van der Waals surface area contributed by atoms with E-state index in [0.29, 0.717) is 6.61 Å². The summed E-state index contributed by atoms with van der Waals surface area (Å²) in [5, 5.41) is 8.71. The van der Waals surface area contributed by atoms with E-state index in [1.807, 2.05) is 0 Å². The van der Waals surface area contributed by atoms with E-state index >= 15 is 0 Å². The summed E-state index contributed by atoms with van der Waals surface area (Å²) < 4.78 is 0. The Morgan fingerprint density at radius 3 is 0.957 bits per heavy atom. The maximum absolute atomic E-state index is 8.71. The zero-order valence-electron chi connectivity index (χ0n) is 16.5. The Balaban J connectivity index is 2.95. The molecule has 0 heterocycles. The first-order valence-electron chi connectivity index (χ1n) is 10.9. The summed E-state index contributed by atoms with van der Waals surface area (Å²) in [4.78, 5) is 0. The lowest BCUT2D eigenvalue weighted by Crippen LogP contribution is -1.87. The van der Waals surface area contributed by atoms with Gasteiger partial charge in [0.05, 0.1) is 0 Å². The Labute approximate surface area is 147 Å².